The molecule has 2 aromatic heterocycles. The monoisotopic (exact) mass is 478 g/mol. The van der Waals surface area contributed by atoms with Gasteiger partial charge in [-0.25, -0.2) is 9.97 Å². The Morgan fingerprint density at radius 1 is 1.26 bits per heavy atom. The summed E-state index contributed by atoms with van der Waals surface area (Å²) in [5, 5.41) is 9.64. The van der Waals surface area contributed by atoms with Crippen LogP contribution in [-0.4, -0.2) is 56.9 Å². The van der Waals surface area contributed by atoms with Gasteiger partial charge in [0.05, 0.1) is 11.9 Å². The Labute approximate surface area is 201 Å². The zero-order valence-electron chi connectivity index (χ0n) is 18.9. The van der Waals surface area contributed by atoms with Crippen LogP contribution in [0.1, 0.15) is 47.7 Å². The Morgan fingerprint density at radius 3 is 2.85 bits per heavy atom. The van der Waals surface area contributed by atoms with Gasteiger partial charge in [-0.05, 0) is 31.2 Å². The number of nitrogens with one attached hydrogen (secondary N) is 2. The number of thioether (sulfide) groups is 1. The molecule has 9 nitrogen and oxygen atoms in total. The Kier molecular flexibility index (Phi) is 6.48. The van der Waals surface area contributed by atoms with Crippen LogP contribution in [0.5, 0.6) is 5.88 Å². The van der Waals surface area contributed by atoms with Crippen molar-refractivity contribution >= 4 is 29.3 Å². The molecule has 34 heavy (non-hydrogen) atoms. The number of likely N-dealkylation sites (N-methyl/N-ethyl adjacent to an activating group) is 1. The van der Waals surface area contributed by atoms with E-state index in [1.807, 2.05) is 36.4 Å². The maximum absolute atomic E-state index is 13.1. The molecule has 2 amide bonds. The molecule has 0 saturated heterocycles. The van der Waals surface area contributed by atoms with Gasteiger partial charge in [-0.3, -0.25) is 14.7 Å². The molecule has 5 rings (SSSR count). The van der Waals surface area contributed by atoms with E-state index >= 15 is 0 Å². The Hall–Kier alpha value is -3.40. The number of H-pyrrole nitrogens is 1. The lowest BCUT2D eigenvalue weighted by atomic mass is 10.1. The van der Waals surface area contributed by atoms with E-state index in [-0.39, 0.29) is 17.8 Å². The fourth-order valence-corrected chi connectivity index (χ4v) is 5.30. The Balaban J connectivity index is 1.25. The zero-order valence-corrected chi connectivity index (χ0v) is 19.7. The van der Waals surface area contributed by atoms with Crippen LogP contribution in [0.4, 0.5) is 5.69 Å². The van der Waals surface area contributed by atoms with E-state index in [9.17, 15) is 9.59 Å². The van der Waals surface area contributed by atoms with Gasteiger partial charge in [-0.15, -0.1) is 16.9 Å². The minimum atomic E-state index is -0.717. The molecule has 10 heteroatoms. The van der Waals surface area contributed by atoms with Gasteiger partial charge in [0.15, 0.2) is 0 Å². The molecule has 0 spiro atoms. The molecule has 0 unspecified atom stereocenters. The Bertz CT molecular complexity index is 1180. The lowest BCUT2D eigenvalue weighted by Crippen LogP contribution is -2.48. The van der Waals surface area contributed by atoms with Crippen LogP contribution in [0.25, 0.3) is 0 Å². The number of carbonyl (C=O) groups is 2. The summed E-state index contributed by atoms with van der Waals surface area (Å²) in [6.45, 7) is 0. The largest absolute Gasteiger partial charge is 0.474 e. The van der Waals surface area contributed by atoms with Crippen molar-refractivity contribution in [2.45, 2.75) is 49.1 Å². The third kappa shape index (κ3) is 4.91. The van der Waals surface area contributed by atoms with Gasteiger partial charge in [0.1, 0.15) is 18.0 Å². The fraction of sp³-hybridized carbons (Fsp3) is 0.375. The molecule has 3 heterocycles. The number of hydrogen-bond acceptors (Lipinski definition) is 7. The molecular formula is C24H26N6O3S. The van der Waals surface area contributed by atoms with Crippen LogP contribution in [-0.2, 0) is 11.2 Å². The zero-order chi connectivity index (χ0) is 23.5. The van der Waals surface area contributed by atoms with Crippen LogP contribution < -0.4 is 15.0 Å². The second kappa shape index (κ2) is 9.84. The van der Waals surface area contributed by atoms with E-state index in [4.69, 9.17) is 4.74 Å². The highest BCUT2D eigenvalue weighted by Crippen LogP contribution is 2.36. The van der Waals surface area contributed by atoms with E-state index in [2.05, 4.69) is 25.5 Å². The van der Waals surface area contributed by atoms with Gasteiger partial charge in [-0.2, -0.15) is 0 Å². The van der Waals surface area contributed by atoms with E-state index < -0.39 is 11.9 Å². The number of nitrogens with zero attached hydrogens (tertiary/aromatic N) is 4. The summed E-state index contributed by atoms with van der Waals surface area (Å²) in [5.41, 5.74) is 1.76. The second-order valence-electron chi connectivity index (χ2n) is 8.52. The number of ether oxygens (including phenoxy) is 1. The van der Waals surface area contributed by atoms with Crippen molar-refractivity contribution in [3.8, 4) is 5.88 Å². The highest BCUT2D eigenvalue weighted by molar-refractivity contribution is 7.99. The number of pyridine rings is 1. The maximum atomic E-state index is 13.1. The van der Waals surface area contributed by atoms with E-state index in [1.165, 1.54) is 29.5 Å². The summed E-state index contributed by atoms with van der Waals surface area (Å²) in [5.74, 6) is 0.859. The van der Waals surface area contributed by atoms with E-state index in [1.54, 1.807) is 13.2 Å². The third-order valence-corrected chi connectivity index (χ3v) is 7.20. The van der Waals surface area contributed by atoms with E-state index in [0.29, 0.717) is 29.6 Å². The molecule has 1 saturated carbocycles. The minimum absolute atomic E-state index is 0.0158. The first-order valence-corrected chi connectivity index (χ1v) is 12.4. The number of amides is 2. The van der Waals surface area contributed by atoms with Crippen molar-refractivity contribution in [3.63, 3.8) is 0 Å². The number of anilines is 1. The summed E-state index contributed by atoms with van der Waals surface area (Å²) >= 11 is 1.50. The van der Waals surface area contributed by atoms with Crippen molar-refractivity contribution in [3.05, 3.63) is 59.8 Å². The van der Waals surface area contributed by atoms with Crippen LogP contribution in [0.15, 0.2) is 47.5 Å². The molecule has 1 aliphatic carbocycles. The van der Waals surface area contributed by atoms with Gasteiger partial charge in [0.2, 0.25) is 17.6 Å². The molecule has 0 bridgehead atoms. The van der Waals surface area contributed by atoms with Crippen molar-refractivity contribution in [1.82, 2.24) is 25.5 Å². The second-order valence-corrected chi connectivity index (χ2v) is 9.58. The molecule has 0 radical (unpaired) electrons. The van der Waals surface area contributed by atoms with Crippen molar-refractivity contribution in [2.24, 2.45) is 0 Å². The molecule has 1 aliphatic heterocycles. The molecule has 1 atom stereocenters. The minimum Gasteiger partial charge on any atom is -0.474 e. The number of aromatic amines is 1. The SMILES string of the molecule is CN1C(=O)[C@@H](NC(=O)c2n[nH]c(Cc3ccccc3)n2)CSc2cc(OC3CCCC3)ncc21. The first-order valence-electron chi connectivity index (χ1n) is 11.4. The average molecular weight is 479 g/mol. The maximum Gasteiger partial charge on any atom is 0.291 e. The predicted molar refractivity (Wildman–Crippen MR) is 128 cm³/mol. The van der Waals surface area contributed by atoms with Crippen LogP contribution in [0, 0.1) is 0 Å². The van der Waals surface area contributed by atoms with Crippen LogP contribution >= 0.6 is 11.8 Å². The topological polar surface area (TPSA) is 113 Å². The smallest absolute Gasteiger partial charge is 0.291 e. The van der Waals surface area contributed by atoms with Gasteiger partial charge in [0.25, 0.3) is 5.91 Å². The summed E-state index contributed by atoms with van der Waals surface area (Å²) in [6.07, 6.45) is 6.87. The quantitative estimate of drug-likeness (QED) is 0.560. The predicted octanol–water partition coefficient (Wildman–Crippen LogP) is 2.98. The van der Waals surface area contributed by atoms with Gasteiger partial charge < -0.3 is 15.0 Å². The highest BCUT2D eigenvalue weighted by Gasteiger charge is 2.31. The molecule has 176 valence electrons. The average Bonchev–Trinajstić information content (AvgIpc) is 3.52. The first kappa shape index (κ1) is 22.4. The molecular weight excluding hydrogens is 452 g/mol. The first-order chi connectivity index (χ1) is 16.6. The number of fused-ring (bicyclic) bond motifs is 1. The number of hydrogen-bond donors (Lipinski definition) is 2. The van der Waals surface area contributed by atoms with Crippen LogP contribution in [0.3, 0.4) is 0 Å². The number of benzene rings is 1. The molecule has 2 aliphatic rings. The molecule has 1 aromatic carbocycles. The van der Waals surface area contributed by atoms with Crippen molar-refractivity contribution < 1.29 is 14.3 Å². The van der Waals surface area contributed by atoms with E-state index in [0.717, 1.165) is 23.3 Å². The highest BCUT2D eigenvalue weighted by atomic mass is 32.2. The summed E-state index contributed by atoms with van der Waals surface area (Å²) in [4.78, 5) is 37.0. The number of rotatable bonds is 6. The Morgan fingerprint density at radius 2 is 2.06 bits per heavy atom. The number of carbonyl (C=O) groups excluding carboxylic acids is 2. The lowest BCUT2D eigenvalue weighted by Gasteiger charge is -2.21. The van der Waals surface area contributed by atoms with Gasteiger partial charge in [0, 0.05) is 30.2 Å². The van der Waals surface area contributed by atoms with Gasteiger partial charge >= 0.3 is 0 Å². The third-order valence-electron chi connectivity index (χ3n) is 6.06. The summed E-state index contributed by atoms with van der Waals surface area (Å²) < 4.78 is 6.02. The molecule has 3 aromatic rings. The normalized spacial score (nSPS) is 18.4. The van der Waals surface area contributed by atoms with Gasteiger partial charge in [-0.1, -0.05) is 30.3 Å². The summed E-state index contributed by atoms with van der Waals surface area (Å²) in [7, 11) is 1.69. The van der Waals surface area contributed by atoms with Crippen molar-refractivity contribution in [1.29, 1.82) is 0 Å². The van der Waals surface area contributed by atoms with Crippen molar-refractivity contribution in [2.75, 3.05) is 17.7 Å². The lowest BCUT2D eigenvalue weighted by molar-refractivity contribution is -0.119. The molecule has 2 N–H and O–H groups in total. The fourth-order valence-electron chi connectivity index (χ4n) is 4.21. The standard InChI is InChI=1S/C24H26N6O3S/c1-30-18-13-25-21(33-16-9-5-6-10-16)12-19(18)34-14-17(24(30)32)26-23(31)22-27-20(28-29-22)11-15-7-3-2-4-8-15/h2-4,7-8,12-13,16-17H,5-6,9-11,14H2,1H3,(H,26,31)(H,27,28,29)/t17-/m0/s1. The summed E-state index contributed by atoms with van der Waals surface area (Å²) in [6, 6.07) is 11.0. The molecule has 1 fully saturated rings. The number of aromatic nitrogens is 4. The van der Waals surface area contributed by atoms with Crippen LogP contribution in [0.2, 0.25) is 0 Å².